The summed E-state index contributed by atoms with van der Waals surface area (Å²) in [6, 6.07) is 42.2. The SMILES string of the molecule is CC(=O)NC[C@H]1CN(c2ccc(C3=C[C@@H](CSc4ncccn4)N(C(c4ccccc4)(c4ccccc4)c4ccccc4)C3)cc2)C(=O)O1. The molecular weight excluding hydrogens is 631 g/mol. The van der Waals surface area contributed by atoms with E-state index in [1.165, 1.54) is 29.2 Å². The van der Waals surface area contributed by atoms with Crippen LogP contribution in [0.4, 0.5) is 10.5 Å². The molecule has 1 aromatic heterocycles. The van der Waals surface area contributed by atoms with Gasteiger partial charge in [-0.3, -0.25) is 14.6 Å². The van der Waals surface area contributed by atoms with Crippen LogP contribution in [0.1, 0.15) is 29.2 Å². The first kappa shape index (κ1) is 32.3. The molecule has 1 fully saturated rings. The summed E-state index contributed by atoms with van der Waals surface area (Å²) >= 11 is 1.65. The Balaban J connectivity index is 1.27. The van der Waals surface area contributed by atoms with Gasteiger partial charge >= 0.3 is 6.09 Å². The van der Waals surface area contributed by atoms with Crippen molar-refractivity contribution in [3.05, 3.63) is 162 Å². The molecule has 0 saturated carbocycles. The van der Waals surface area contributed by atoms with Crippen LogP contribution < -0.4 is 10.2 Å². The van der Waals surface area contributed by atoms with Gasteiger partial charge in [0, 0.05) is 43.3 Å². The minimum atomic E-state index is -0.604. The Morgan fingerprint density at radius 1 is 0.837 bits per heavy atom. The van der Waals surface area contributed by atoms with Gasteiger partial charge in [0.15, 0.2) is 5.16 Å². The van der Waals surface area contributed by atoms with Gasteiger partial charge in [-0.05, 0) is 46.0 Å². The minimum absolute atomic E-state index is 0.0206. The topological polar surface area (TPSA) is 87.7 Å². The molecule has 8 nitrogen and oxygen atoms in total. The van der Waals surface area contributed by atoms with Crippen molar-refractivity contribution in [2.45, 2.75) is 29.8 Å². The zero-order valence-corrected chi connectivity index (χ0v) is 28.0. The molecule has 2 aliphatic rings. The molecule has 0 spiro atoms. The monoisotopic (exact) mass is 667 g/mol. The fraction of sp³-hybridized carbons (Fsp3) is 0.200. The number of thioether (sulfide) groups is 1. The Morgan fingerprint density at radius 3 is 1.96 bits per heavy atom. The Morgan fingerprint density at radius 2 is 1.41 bits per heavy atom. The van der Waals surface area contributed by atoms with Crippen LogP contribution in [0.5, 0.6) is 0 Å². The number of nitrogens with zero attached hydrogens (tertiary/aromatic N) is 4. The third-order valence-corrected chi connectivity index (χ3v) is 10.0. The summed E-state index contributed by atoms with van der Waals surface area (Å²) in [7, 11) is 0. The van der Waals surface area contributed by atoms with Crippen molar-refractivity contribution in [2.75, 3.05) is 30.3 Å². The average molecular weight is 668 g/mol. The number of benzene rings is 4. The maximum Gasteiger partial charge on any atom is 0.414 e. The molecule has 0 radical (unpaired) electrons. The van der Waals surface area contributed by atoms with E-state index in [2.05, 4.69) is 129 Å². The molecule has 2 aliphatic heterocycles. The van der Waals surface area contributed by atoms with Crippen molar-refractivity contribution in [3.63, 3.8) is 0 Å². The van der Waals surface area contributed by atoms with Crippen molar-refractivity contribution in [3.8, 4) is 0 Å². The minimum Gasteiger partial charge on any atom is -0.442 e. The van der Waals surface area contributed by atoms with Crippen LogP contribution >= 0.6 is 11.8 Å². The van der Waals surface area contributed by atoms with Crippen molar-refractivity contribution >= 4 is 35.0 Å². The Hall–Kier alpha value is -5.25. The van der Waals surface area contributed by atoms with Gasteiger partial charge in [-0.1, -0.05) is 121 Å². The van der Waals surface area contributed by atoms with Gasteiger partial charge in [0.25, 0.3) is 0 Å². The second-order valence-corrected chi connectivity index (χ2v) is 13.1. The van der Waals surface area contributed by atoms with Crippen LogP contribution in [0.25, 0.3) is 5.57 Å². The van der Waals surface area contributed by atoms with E-state index in [1.54, 1.807) is 29.1 Å². The third-order valence-electron chi connectivity index (χ3n) is 9.07. The summed E-state index contributed by atoms with van der Waals surface area (Å²) in [5.41, 5.74) is 6.00. The lowest BCUT2D eigenvalue weighted by atomic mass is 9.75. The zero-order chi connectivity index (χ0) is 33.6. The fourth-order valence-electron chi connectivity index (χ4n) is 6.88. The van der Waals surface area contributed by atoms with Crippen LogP contribution in [-0.4, -0.2) is 64.4 Å². The first-order chi connectivity index (χ1) is 24.0. The van der Waals surface area contributed by atoms with Crippen molar-refractivity contribution in [2.24, 2.45) is 0 Å². The highest BCUT2D eigenvalue weighted by Gasteiger charge is 2.47. The highest BCUT2D eigenvalue weighted by atomic mass is 32.2. The summed E-state index contributed by atoms with van der Waals surface area (Å²) in [6.07, 6.45) is 5.14. The second-order valence-electron chi connectivity index (χ2n) is 12.1. The molecule has 0 aliphatic carbocycles. The smallest absolute Gasteiger partial charge is 0.414 e. The van der Waals surface area contributed by atoms with Crippen LogP contribution in [-0.2, 0) is 15.1 Å². The molecule has 4 aromatic carbocycles. The Labute approximate surface area is 290 Å². The quantitative estimate of drug-likeness (QED) is 0.0943. The normalized spacial score (nSPS) is 17.9. The number of nitrogens with one attached hydrogen (secondary N) is 1. The molecule has 2 atom stereocenters. The Kier molecular flexibility index (Phi) is 9.54. The number of amides is 2. The highest BCUT2D eigenvalue weighted by molar-refractivity contribution is 7.99. The lowest BCUT2D eigenvalue weighted by Crippen LogP contribution is -2.51. The van der Waals surface area contributed by atoms with E-state index in [0.29, 0.717) is 13.1 Å². The fourth-order valence-corrected chi connectivity index (χ4v) is 7.74. The van der Waals surface area contributed by atoms with Crippen LogP contribution in [0.2, 0.25) is 0 Å². The summed E-state index contributed by atoms with van der Waals surface area (Å²) in [4.78, 5) is 37.3. The number of cyclic esters (lactones) is 1. The van der Waals surface area contributed by atoms with E-state index in [0.717, 1.165) is 22.2 Å². The van der Waals surface area contributed by atoms with E-state index in [4.69, 9.17) is 4.74 Å². The number of hydrogen-bond donors (Lipinski definition) is 1. The van der Waals surface area contributed by atoms with E-state index in [9.17, 15) is 9.59 Å². The standard InChI is InChI=1S/C40H37N5O3S/c1-29(46)43-25-37-27-44(39(47)48-37)35-20-18-30(19-21-35)31-24-36(28-49-38-41-22-11-23-42-38)45(26-31)40(32-12-5-2-6-13-32,33-14-7-3-8-15-33)34-16-9-4-10-17-34/h2-24,36-37H,25-28H2,1H3,(H,43,46)/t36-,37-/m0/s1. The van der Waals surface area contributed by atoms with Gasteiger partial charge < -0.3 is 10.1 Å². The summed E-state index contributed by atoms with van der Waals surface area (Å²) in [5.74, 6) is 0.594. The van der Waals surface area contributed by atoms with Crippen LogP contribution in [0, 0.1) is 0 Å². The molecule has 1 saturated heterocycles. The molecule has 1 N–H and O–H groups in total. The van der Waals surface area contributed by atoms with Gasteiger partial charge in [-0.25, -0.2) is 14.8 Å². The number of rotatable bonds is 11. The summed E-state index contributed by atoms with van der Waals surface area (Å²) in [6.45, 7) is 2.80. The molecule has 3 heterocycles. The zero-order valence-electron chi connectivity index (χ0n) is 27.2. The number of ether oxygens (including phenoxy) is 1. The molecule has 49 heavy (non-hydrogen) atoms. The average Bonchev–Trinajstić information content (AvgIpc) is 3.75. The van der Waals surface area contributed by atoms with Crippen molar-refractivity contribution in [1.82, 2.24) is 20.2 Å². The predicted molar refractivity (Wildman–Crippen MR) is 193 cm³/mol. The van der Waals surface area contributed by atoms with E-state index >= 15 is 0 Å². The molecule has 7 rings (SSSR count). The predicted octanol–water partition coefficient (Wildman–Crippen LogP) is 6.79. The van der Waals surface area contributed by atoms with E-state index in [1.807, 2.05) is 18.2 Å². The first-order valence-corrected chi connectivity index (χ1v) is 17.4. The lowest BCUT2D eigenvalue weighted by molar-refractivity contribution is -0.119. The number of anilines is 1. The van der Waals surface area contributed by atoms with E-state index in [-0.39, 0.29) is 18.5 Å². The maximum absolute atomic E-state index is 12.7. The third kappa shape index (κ3) is 6.72. The maximum atomic E-state index is 12.7. The summed E-state index contributed by atoms with van der Waals surface area (Å²) in [5, 5.41) is 3.48. The Bertz CT molecular complexity index is 1810. The first-order valence-electron chi connectivity index (χ1n) is 16.4. The lowest BCUT2D eigenvalue weighted by Gasteiger charge is -2.46. The van der Waals surface area contributed by atoms with Gasteiger partial charge in [0.1, 0.15) is 6.10 Å². The number of aromatic nitrogens is 2. The molecule has 0 bridgehead atoms. The molecule has 5 aromatic rings. The van der Waals surface area contributed by atoms with E-state index < -0.39 is 17.7 Å². The second kappa shape index (κ2) is 14.5. The van der Waals surface area contributed by atoms with Gasteiger partial charge in [0.05, 0.1) is 18.6 Å². The van der Waals surface area contributed by atoms with Gasteiger partial charge in [0.2, 0.25) is 5.91 Å². The highest BCUT2D eigenvalue weighted by Crippen LogP contribution is 2.47. The molecule has 246 valence electrons. The number of hydrogen-bond acceptors (Lipinski definition) is 7. The van der Waals surface area contributed by atoms with Crippen LogP contribution in [0.15, 0.2) is 145 Å². The van der Waals surface area contributed by atoms with Crippen molar-refractivity contribution in [1.29, 1.82) is 0 Å². The van der Waals surface area contributed by atoms with Gasteiger partial charge in [-0.2, -0.15) is 0 Å². The molecule has 9 heteroatoms. The van der Waals surface area contributed by atoms with Crippen LogP contribution in [0.3, 0.4) is 0 Å². The van der Waals surface area contributed by atoms with Crippen molar-refractivity contribution < 1.29 is 14.3 Å². The number of carbonyl (C=O) groups is 2. The summed E-state index contributed by atoms with van der Waals surface area (Å²) < 4.78 is 5.51. The molecule has 0 unspecified atom stereocenters. The number of carbonyl (C=O) groups excluding carboxylic acids is 2. The molecular formula is C40H37N5O3S. The van der Waals surface area contributed by atoms with Gasteiger partial charge in [-0.15, -0.1) is 0 Å². The molecule has 2 amide bonds. The largest absolute Gasteiger partial charge is 0.442 e.